The van der Waals surface area contributed by atoms with Crippen LogP contribution >= 0.6 is 0 Å². The molecule has 2 nitrogen and oxygen atoms in total. The zero-order chi connectivity index (χ0) is 24.6. The first-order valence-electron chi connectivity index (χ1n) is 12.0. The average Bonchev–Trinajstić information content (AvgIpc) is 2.81. The van der Waals surface area contributed by atoms with Gasteiger partial charge in [-0.2, -0.15) is 10.5 Å². The minimum absolute atomic E-state index is 0.605. The van der Waals surface area contributed by atoms with Crippen molar-refractivity contribution >= 4 is 37.7 Å². The Bertz CT molecular complexity index is 1230. The van der Waals surface area contributed by atoms with Crippen LogP contribution in [0.4, 0.5) is 0 Å². The first-order valence-corrected chi connectivity index (χ1v) is 18.4. The maximum Gasteiger partial charge on any atom is 0.132 e. The van der Waals surface area contributed by atoms with E-state index in [2.05, 4.69) is 110 Å². The van der Waals surface area contributed by atoms with Crippen LogP contribution in [0.1, 0.15) is 36.8 Å². The molecule has 0 atom stereocenters. The van der Waals surface area contributed by atoms with Crippen molar-refractivity contribution < 1.29 is 0 Å². The van der Waals surface area contributed by atoms with Gasteiger partial charge in [-0.1, -0.05) is 86.6 Å². The molecular weight excluding hydrogens is 445 g/mol. The van der Waals surface area contributed by atoms with Gasteiger partial charge in [-0.25, -0.2) is 0 Å². The Hall–Kier alpha value is -3.29. The van der Waals surface area contributed by atoms with Gasteiger partial charge in [-0.05, 0) is 46.5 Å². The lowest BCUT2D eigenvalue weighted by molar-refractivity contribution is 0.948. The Morgan fingerprint density at radius 1 is 0.588 bits per heavy atom. The van der Waals surface area contributed by atoms with Crippen LogP contribution in [-0.4, -0.2) is 16.1 Å². The van der Waals surface area contributed by atoms with E-state index in [1.807, 2.05) is 0 Å². The van der Waals surface area contributed by atoms with E-state index in [1.165, 1.54) is 0 Å². The largest absolute Gasteiger partial charge is 0.198 e. The maximum atomic E-state index is 8.89. The van der Waals surface area contributed by atoms with E-state index < -0.39 is 16.1 Å². The third-order valence-corrected chi connectivity index (χ3v) is 11.0. The standard InChI is InChI=1S/C30H32N2Si2/c1-33(2,21-11-9-19-31)23-17-29-25-13-5-7-15-27(25)30(28-16-8-6-14-26(28)29)18-24-34(3,4)22-12-10-20-32/h5-8,13-16H,9-12,21-22H2,1-4H3. The molecule has 0 radical (unpaired) electrons. The Balaban J connectivity index is 2.16. The number of fused-ring (bicyclic) bond motifs is 2. The van der Waals surface area contributed by atoms with E-state index in [0.29, 0.717) is 12.8 Å². The normalized spacial score (nSPS) is 11.1. The molecule has 0 saturated heterocycles. The van der Waals surface area contributed by atoms with Gasteiger partial charge in [-0.3, -0.25) is 0 Å². The lowest BCUT2D eigenvalue weighted by atomic mass is 9.92. The molecule has 0 bridgehead atoms. The van der Waals surface area contributed by atoms with Crippen LogP contribution in [0.5, 0.6) is 0 Å². The van der Waals surface area contributed by atoms with Gasteiger partial charge in [0.2, 0.25) is 0 Å². The second kappa shape index (κ2) is 11.2. The van der Waals surface area contributed by atoms with Crippen molar-refractivity contribution in [3.63, 3.8) is 0 Å². The van der Waals surface area contributed by atoms with Gasteiger partial charge in [0.25, 0.3) is 0 Å². The van der Waals surface area contributed by atoms with Crippen LogP contribution in [-0.2, 0) is 0 Å². The minimum atomic E-state index is -1.73. The predicted octanol–water partition coefficient (Wildman–Crippen LogP) is 7.80. The van der Waals surface area contributed by atoms with Crippen molar-refractivity contribution in [2.75, 3.05) is 0 Å². The highest BCUT2D eigenvalue weighted by Crippen LogP contribution is 2.32. The summed E-state index contributed by atoms with van der Waals surface area (Å²) < 4.78 is 0. The molecule has 0 unspecified atom stereocenters. The summed E-state index contributed by atoms with van der Waals surface area (Å²) in [6, 6.07) is 23.6. The van der Waals surface area contributed by atoms with Crippen molar-refractivity contribution in [2.24, 2.45) is 0 Å². The molecule has 0 aromatic heterocycles. The first kappa shape index (κ1) is 25.3. The van der Waals surface area contributed by atoms with Crippen LogP contribution in [0.3, 0.4) is 0 Å². The zero-order valence-electron chi connectivity index (χ0n) is 20.8. The van der Waals surface area contributed by atoms with Gasteiger partial charge in [0.05, 0.1) is 12.1 Å². The zero-order valence-corrected chi connectivity index (χ0v) is 22.8. The summed E-state index contributed by atoms with van der Waals surface area (Å²) in [5.74, 6) is 7.18. The Labute approximate surface area is 206 Å². The van der Waals surface area contributed by atoms with E-state index in [4.69, 9.17) is 10.5 Å². The van der Waals surface area contributed by atoms with Gasteiger partial charge < -0.3 is 0 Å². The Kier molecular flexibility index (Phi) is 8.37. The average molecular weight is 477 g/mol. The molecule has 0 heterocycles. The molecule has 0 spiro atoms. The molecular formula is C30H32N2Si2. The number of hydrogen-bond donors (Lipinski definition) is 0. The first-order chi connectivity index (χ1) is 16.3. The summed E-state index contributed by atoms with van der Waals surface area (Å²) >= 11 is 0. The molecule has 0 aliphatic carbocycles. The highest BCUT2D eigenvalue weighted by atomic mass is 28.3. The van der Waals surface area contributed by atoms with Gasteiger partial charge in [-0.15, -0.1) is 11.1 Å². The highest BCUT2D eigenvalue weighted by Gasteiger charge is 2.19. The molecule has 34 heavy (non-hydrogen) atoms. The fraction of sp³-hybridized carbons (Fsp3) is 0.333. The summed E-state index contributed by atoms with van der Waals surface area (Å²) in [5.41, 5.74) is 9.47. The van der Waals surface area contributed by atoms with Crippen LogP contribution in [0, 0.1) is 45.6 Å². The molecule has 0 aliphatic heterocycles. The quantitative estimate of drug-likeness (QED) is 0.158. The van der Waals surface area contributed by atoms with Gasteiger partial charge in [0.1, 0.15) is 16.1 Å². The maximum absolute atomic E-state index is 8.89. The van der Waals surface area contributed by atoms with Gasteiger partial charge in [0, 0.05) is 24.0 Å². The van der Waals surface area contributed by atoms with Crippen LogP contribution in [0.25, 0.3) is 21.5 Å². The molecule has 4 heteroatoms. The predicted molar refractivity (Wildman–Crippen MR) is 149 cm³/mol. The lowest BCUT2D eigenvalue weighted by Gasteiger charge is -2.15. The van der Waals surface area contributed by atoms with Crippen molar-refractivity contribution in [3.8, 4) is 35.1 Å². The molecule has 3 rings (SSSR count). The third kappa shape index (κ3) is 6.40. The minimum Gasteiger partial charge on any atom is -0.198 e. The molecule has 3 aromatic carbocycles. The number of nitriles is 2. The second-order valence-electron chi connectivity index (χ2n) is 10.1. The fourth-order valence-electron chi connectivity index (χ4n) is 4.20. The van der Waals surface area contributed by atoms with Crippen LogP contribution in [0.15, 0.2) is 48.5 Å². The number of benzene rings is 3. The van der Waals surface area contributed by atoms with Crippen molar-refractivity contribution in [3.05, 3.63) is 59.7 Å². The molecule has 0 N–H and O–H groups in total. The topological polar surface area (TPSA) is 47.6 Å². The molecule has 0 fully saturated rings. The number of hydrogen-bond acceptors (Lipinski definition) is 2. The summed E-state index contributed by atoms with van der Waals surface area (Å²) in [6.45, 7) is 9.17. The van der Waals surface area contributed by atoms with Crippen LogP contribution < -0.4 is 0 Å². The summed E-state index contributed by atoms with van der Waals surface area (Å²) in [5, 5.41) is 22.4. The molecule has 0 saturated carbocycles. The van der Waals surface area contributed by atoms with E-state index in [0.717, 1.165) is 57.6 Å². The second-order valence-corrected chi connectivity index (χ2v) is 19.2. The molecule has 0 aliphatic rings. The molecule has 3 aromatic rings. The van der Waals surface area contributed by atoms with Gasteiger partial charge >= 0.3 is 0 Å². The summed E-state index contributed by atoms with van der Waals surface area (Å²) in [6.07, 6.45) is 3.06. The van der Waals surface area contributed by atoms with Crippen molar-refractivity contribution in [1.29, 1.82) is 10.5 Å². The smallest absolute Gasteiger partial charge is 0.132 e. The fourth-order valence-corrected chi connectivity index (χ4v) is 7.50. The highest BCUT2D eigenvalue weighted by molar-refractivity contribution is 6.85. The SMILES string of the molecule is C[Si](C)(C#Cc1c2ccccc2c(C#C[Si](C)(C)CCCC#N)c2ccccc12)CCCC#N. The van der Waals surface area contributed by atoms with E-state index >= 15 is 0 Å². The number of unbranched alkanes of at least 4 members (excludes halogenated alkanes) is 2. The lowest BCUT2D eigenvalue weighted by Crippen LogP contribution is -2.22. The van der Waals surface area contributed by atoms with E-state index in [9.17, 15) is 0 Å². The summed E-state index contributed by atoms with van der Waals surface area (Å²) in [4.78, 5) is 0. The Morgan fingerprint density at radius 2 is 0.912 bits per heavy atom. The number of nitrogens with zero attached hydrogens (tertiary/aromatic N) is 2. The van der Waals surface area contributed by atoms with Crippen molar-refractivity contribution in [2.45, 2.75) is 64.0 Å². The monoisotopic (exact) mass is 476 g/mol. The van der Waals surface area contributed by atoms with Crippen LogP contribution in [0.2, 0.25) is 38.3 Å². The van der Waals surface area contributed by atoms with E-state index in [1.54, 1.807) is 0 Å². The summed E-state index contributed by atoms with van der Waals surface area (Å²) in [7, 11) is -3.45. The van der Waals surface area contributed by atoms with Gasteiger partial charge in [0.15, 0.2) is 0 Å². The Morgan fingerprint density at radius 3 is 1.21 bits per heavy atom. The molecule has 0 amide bonds. The number of rotatable bonds is 6. The van der Waals surface area contributed by atoms with E-state index in [-0.39, 0.29) is 0 Å². The van der Waals surface area contributed by atoms with Crippen molar-refractivity contribution in [1.82, 2.24) is 0 Å². The molecule has 170 valence electrons. The third-order valence-electron chi connectivity index (χ3n) is 6.16.